The molecule has 0 unspecified atom stereocenters. The summed E-state index contributed by atoms with van der Waals surface area (Å²) in [6.45, 7) is 0. The molecule has 0 aliphatic heterocycles. The number of carboxylic acid groups (broad SMARTS) is 1. The van der Waals surface area contributed by atoms with Gasteiger partial charge < -0.3 is 9.90 Å². The molecule has 0 saturated heterocycles. The Bertz CT molecular complexity index is 377. The summed E-state index contributed by atoms with van der Waals surface area (Å²) in [6, 6.07) is 7.74. The van der Waals surface area contributed by atoms with Crippen LogP contribution in [-0.2, 0) is 4.79 Å². The number of carbonyl (C=O) groups is 1. The van der Waals surface area contributed by atoms with E-state index in [9.17, 15) is 9.90 Å². The topological polar surface area (TPSA) is 40.1 Å². The second-order valence-electron chi connectivity index (χ2n) is 4.26. The predicted molar refractivity (Wildman–Crippen MR) is 67.3 cm³/mol. The van der Waals surface area contributed by atoms with Crippen LogP contribution >= 0.6 is 12.4 Å². The molecule has 0 aliphatic carbocycles. The van der Waals surface area contributed by atoms with Gasteiger partial charge in [0.25, 0.3) is 0 Å². The highest BCUT2D eigenvalue weighted by Crippen LogP contribution is 2.17. The van der Waals surface area contributed by atoms with Gasteiger partial charge in [0, 0.05) is 0 Å². The van der Waals surface area contributed by atoms with Crippen LogP contribution in [0.5, 0.6) is 0 Å². The minimum atomic E-state index is -1.18. The Kier molecular flexibility index (Phi) is 5.21. The van der Waals surface area contributed by atoms with Crippen LogP contribution in [0, 0.1) is 0 Å². The molecule has 0 spiro atoms. The smallest absolute Gasteiger partial charge is 0.132 e. The van der Waals surface area contributed by atoms with Crippen LogP contribution < -0.4 is 9.59 Å². The lowest BCUT2D eigenvalue weighted by atomic mass is 10.2. The number of aliphatic carboxylic acids is 1. The van der Waals surface area contributed by atoms with E-state index in [1.165, 1.54) is 11.8 Å². The maximum absolute atomic E-state index is 10.2. The second-order valence-corrected chi connectivity index (χ2v) is 4.26. The maximum Gasteiger partial charge on any atom is 0.132 e. The van der Waals surface area contributed by atoms with Crippen molar-refractivity contribution in [1.82, 2.24) is 4.48 Å². The van der Waals surface area contributed by atoms with Crippen molar-refractivity contribution in [3.63, 3.8) is 0 Å². The van der Waals surface area contributed by atoms with Crippen molar-refractivity contribution >= 4 is 30.1 Å². The van der Waals surface area contributed by atoms with Crippen molar-refractivity contribution in [2.24, 2.45) is 0 Å². The quantitative estimate of drug-likeness (QED) is 0.587. The average molecular weight is 242 g/mol. The lowest BCUT2D eigenvalue weighted by Gasteiger charge is -2.23. The summed E-state index contributed by atoms with van der Waals surface area (Å²) in [5, 5.41) is 10.2. The first kappa shape index (κ1) is 14.7. The first-order valence-corrected chi connectivity index (χ1v) is 4.71. The molecule has 4 heteroatoms. The molecular weight excluding hydrogens is 226 g/mol. The first-order valence-electron chi connectivity index (χ1n) is 4.71. The van der Waals surface area contributed by atoms with E-state index in [1.807, 2.05) is 24.3 Å². The van der Waals surface area contributed by atoms with E-state index >= 15 is 0 Å². The van der Waals surface area contributed by atoms with E-state index in [2.05, 4.69) is 21.1 Å². The highest BCUT2D eigenvalue weighted by atomic mass is 35.5. The lowest BCUT2D eigenvalue weighted by Crippen LogP contribution is -2.34. The van der Waals surface area contributed by atoms with Gasteiger partial charge in [-0.2, -0.15) is 0 Å². The number of benzene rings is 1. The normalized spacial score (nSPS) is 11.2. The summed E-state index contributed by atoms with van der Waals surface area (Å²) in [5.41, 5.74) is 2.03. The van der Waals surface area contributed by atoms with E-state index < -0.39 is 5.97 Å². The molecule has 0 aliphatic rings. The summed E-state index contributed by atoms with van der Waals surface area (Å²) in [4.78, 5) is 10.2. The molecule has 0 radical (unpaired) electrons. The van der Waals surface area contributed by atoms with Gasteiger partial charge in [-0.25, -0.2) is 0 Å². The van der Waals surface area contributed by atoms with Gasteiger partial charge in [-0.15, -0.1) is 12.4 Å². The molecule has 0 aromatic heterocycles. The van der Waals surface area contributed by atoms with Crippen LogP contribution in [0.1, 0.15) is 5.56 Å². The number of quaternary nitrogens is 1. The third kappa shape index (κ3) is 4.47. The van der Waals surface area contributed by atoms with E-state index in [0.29, 0.717) is 0 Å². The van der Waals surface area contributed by atoms with Gasteiger partial charge in [0.05, 0.1) is 27.1 Å². The molecule has 0 heterocycles. The molecular formula is C12H16ClNO2. The first-order chi connectivity index (χ1) is 6.89. The Morgan fingerprint density at radius 1 is 1.19 bits per heavy atom. The fourth-order valence-electron chi connectivity index (χ4n) is 1.20. The van der Waals surface area contributed by atoms with Gasteiger partial charge in [-0.1, -0.05) is 6.08 Å². The fourth-order valence-corrected chi connectivity index (χ4v) is 1.20. The van der Waals surface area contributed by atoms with Crippen LogP contribution in [-0.4, -0.2) is 27.1 Å². The standard InChI is InChI=1S/C12H15NO2.ClH/c1-13(2,3)11-7-4-10(5-8-11)6-9-12(14)15;/h4-9H,1-3H3;1H. The van der Waals surface area contributed by atoms with E-state index in [-0.39, 0.29) is 12.4 Å². The Balaban J connectivity index is 0.00000225. The van der Waals surface area contributed by atoms with Crippen LogP contribution in [0.3, 0.4) is 0 Å². The molecule has 3 nitrogen and oxygen atoms in total. The predicted octanol–water partition coefficient (Wildman–Crippen LogP) is 1.07. The number of halogens is 1. The fraction of sp³-hybridized carbons (Fsp3) is 0.250. The minimum absolute atomic E-state index is 0. The summed E-state index contributed by atoms with van der Waals surface area (Å²) >= 11 is 0. The number of rotatable bonds is 3. The number of nitrogens with zero attached hydrogens (tertiary/aromatic N) is 1. The van der Waals surface area contributed by atoms with Gasteiger partial charge in [0.15, 0.2) is 0 Å². The zero-order valence-corrected chi connectivity index (χ0v) is 10.5. The molecule has 16 heavy (non-hydrogen) atoms. The van der Waals surface area contributed by atoms with Gasteiger partial charge in [-0.3, -0.25) is 4.48 Å². The zero-order valence-electron chi connectivity index (χ0n) is 9.64. The molecule has 0 saturated carbocycles. The van der Waals surface area contributed by atoms with Crippen molar-refractivity contribution in [2.45, 2.75) is 0 Å². The largest absolute Gasteiger partial charge is 0.545 e. The van der Waals surface area contributed by atoms with E-state index in [0.717, 1.165) is 16.1 Å². The SMILES string of the molecule is C[N+](C)(C)c1ccc(C=CC(=O)[O-])cc1.Cl. The van der Waals surface area contributed by atoms with Crippen molar-refractivity contribution < 1.29 is 9.90 Å². The van der Waals surface area contributed by atoms with Gasteiger partial charge >= 0.3 is 0 Å². The molecule has 88 valence electrons. The highest BCUT2D eigenvalue weighted by molar-refractivity contribution is 5.85. The van der Waals surface area contributed by atoms with Gasteiger partial charge in [0.1, 0.15) is 5.69 Å². The number of hydrogen-bond donors (Lipinski definition) is 0. The third-order valence-corrected chi connectivity index (χ3v) is 2.08. The van der Waals surface area contributed by atoms with Crippen LogP contribution in [0.2, 0.25) is 0 Å². The van der Waals surface area contributed by atoms with E-state index in [4.69, 9.17) is 0 Å². The maximum atomic E-state index is 10.2. The summed E-state index contributed by atoms with van der Waals surface area (Å²) in [6.07, 6.45) is 2.55. The number of carbonyl (C=O) groups excluding carboxylic acids is 1. The monoisotopic (exact) mass is 241 g/mol. The number of hydrogen-bond acceptors (Lipinski definition) is 2. The Labute approximate surface area is 102 Å². The molecule has 0 N–H and O–H groups in total. The van der Waals surface area contributed by atoms with Gasteiger partial charge in [-0.05, 0) is 35.9 Å². The second kappa shape index (κ2) is 5.68. The zero-order chi connectivity index (χ0) is 11.5. The van der Waals surface area contributed by atoms with Crippen molar-refractivity contribution in [1.29, 1.82) is 0 Å². The third-order valence-electron chi connectivity index (χ3n) is 2.08. The Morgan fingerprint density at radius 3 is 2.06 bits per heavy atom. The molecule has 0 amide bonds. The van der Waals surface area contributed by atoms with Crippen molar-refractivity contribution in [3.8, 4) is 0 Å². The minimum Gasteiger partial charge on any atom is -0.545 e. The van der Waals surface area contributed by atoms with Crippen LogP contribution in [0.15, 0.2) is 30.3 Å². The summed E-state index contributed by atoms with van der Waals surface area (Å²) in [7, 11) is 6.23. The molecule has 0 bridgehead atoms. The average Bonchev–Trinajstić information content (AvgIpc) is 2.14. The molecule has 0 atom stereocenters. The number of carboxylic acids is 1. The molecule has 1 rings (SSSR count). The van der Waals surface area contributed by atoms with Crippen molar-refractivity contribution in [2.75, 3.05) is 21.1 Å². The van der Waals surface area contributed by atoms with Crippen LogP contribution in [0.4, 0.5) is 5.69 Å². The van der Waals surface area contributed by atoms with E-state index in [1.54, 1.807) is 0 Å². The lowest BCUT2D eigenvalue weighted by molar-refractivity contribution is -0.297. The summed E-state index contributed by atoms with van der Waals surface area (Å²) < 4.78 is 0.741. The summed E-state index contributed by atoms with van der Waals surface area (Å²) in [5.74, 6) is -1.18. The van der Waals surface area contributed by atoms with Crippen LogP contribution in [0.25, 0.3) is 6.08 Å². The molecule has 1 aromatic carbocycles. The highest BCUT2D eigenvalue weighted by Gasteiger charge is 2.10. The molecule has 0 fully saturated rings. The van der Waals surface area contributed by atoms with Crippen molar-refractivity contribution in [3.05, 3.63) is 35.9 Å². The Hall–Kier alpha value is -1.32. The molecule has 1 aromatic rings. The van der Waals surface area contributed by atoms with Gasteiger partial charge in [0.2, 0.25) is 0 Å². The Morgan fingerprint density at radius 2 is 1.69 bits per heavy atom.